The molecule has 0 amide bonds. The molecule has 0 unspecified atom stereocenters. The molecule has 1 saturated heterocycles. The third-order valence-electron chi connectivity index (χ3n) is 3.58. The van der Waals surface area contributed by atoms with Crippen molar-refractivity contribution in [2.24, 2.45) is 0 Å². The minimum atomic E-state index is -1.29. The smallest absolute Gasteiger partial charge is 0.276 e. The number of hydrogen-bond acceptors (Lipinski definition) is 9. The quantitative estimate of drug-likeness (QED) is 0.350. The first-order valence-electron chi connectivity index (χ1n) is 6.25. The molecule has 1 aromatic rings. The van der Waals surface area contributed by atoms with Gasteiger partial charge in [0, 0.05) is 0 Å². The van der Waals surface area contributed by atoms with Crippen LogP contribution in [0.5, 0.6) is 0 Å². The Bertz CT molecular complexity index is 612. The van der Waals surface area contributed by atoms with E-state index in [0.29, 0.717) is 0 Å². The molecule has 112 valence electrons. The van der Waals surface area contributed by atoms with E-state index in [2.05, 4.69) is 9.97 Å². The van der Waals surface area contributed by atoms with Crippen LogP contribution in [0, 0.1) is 0 Å². The van der Waals surface area contributed by atoms with E-state index in [1.807, 2.05) is 0 Å². The summed E-state index contributed by atoms with van der Waals surface area (Å²) >= 11 is 0. The number of hydrogen-bond donors (Lipinski definition) is 5. The highest BCUT2D eigenvalue weighted by Crippen LogP contribution is 2.35. The van der Waals surface area contributed by atoms with Gasteiger partial charge in [-0.2, -0.15) is 4.98 Å². The third kappa shape index (κ3) is 2.05. The van der Waals surface area contributed by atoms with Gasteiger partial charge in [0.2, 0.25) is 13.9 Å². The lowest BCUT2D eigenvalue weighted by Crippen LogP contribution is -2.45. The van der Waals surface area contributed by atoms with Crippen LogP contribution in [0.2, 0.25) is 0 Å². The Hall–Kier alpha value is -1.82. The molecule has 3 heterocycles. The van der Waals surface area contributed by atoms with Crippen molar-refractivity contribution < 1.29 is 20.1 Å². The second kappa shape index (κ2) is 4.88. The Balaban J connectivity index is 1.99. The van der Waals surface area contributed by atoms with Crippen molar-refractivity contribution in [3.63, 3.8) is 0 Å². The van der Waals surface area contributed by atoms with Gasteiger partial charge in [0.25, 0.3) is 5.56 Å². The van der Waals surface area contributed by atoms with E-state index >= 15 is 0 Å². The van der Waals surface area contributed by atoms with E-state index in [1.54, 1.807) is 0 Å². The summed E-state index contributed by atoms with van der Waals surface area (Å²) in [6, 6.07) is 0. The predicted octanol–water partition coefficient (Wildman–Crippen LogP) is -3.54. The van der Waals surface area contributed by atoms with Crippen LogP contribution in [0.1, 0.15) is 0 Å². The minimum Gasteiger partial charge on any atom is -0.402 e. The van der Waals surface area contributed by atoms with Crippen LogP contribution >= 0.6 is 0 Å². The number of ether oxygens (including phenoxy) is 1. The first-order valence-corrected chi connectivity index (χ1v) is 6.25. The summed E-state index contributed by atoms with van der Waals surface area (Å²) < 4.78 is 5.40. The van der Waals surface area contributed by atoms with Crippen LogP contribution in [0.15, 0.2) is 4.79 Å². The lowest BCUT2D eigenvalue weighted by atomic mass is 10.1. The number of nitrogen functional groups attached to an aromatic ring is 1. The maximum atomic E-state index is 11.9. The van der Waals surface area contributed by atoms with Gasteiger partial charge < -0.3 is 35.5 Å². The summed E-state index contributed by atoms with van der Waals surface area (Å²) in [4.78, 5) is 20.7. The maximum absolute atomic E-state index is 11.9. The Labute approximate surface area is 120 Å². The normalized spacial score (nSPS) is 31.8. The van der Waals surface area contributed by atoms with E-state index in [1.165, 1.54) is 4.90 Å². The van der Waals surface area contributed by atoms with Crippen molar-refractivity contribution in [1.82, 2.24) is 9.97 Å². The molecule has 0 bridgehead atoms. The van der Waals surface area contributed by atoms with Crippen LogP contribution in [0.3, 0.4) is 0 Å². The Morgan fingerprint density at radius 3 is 2.81 bits per heavy atom. The number of H-pyrrole nitrogens is 1. The molecule has 3 rings (SSSR count). The van der Waals surface area contributed by atoms with Crippen molar-refractivity contribution in [3.8, 4) is 0 Å². The number of nitrogens with zero attached hydrogens (tertiary/aromatic N) is 3. The van der Waals surface area contributed by atoms with Crippen LogP contribution < -0.4 is 21.0 Å². The van der Waals surface area contributed by atoms with Gasteiger partial charge in [-0.15, -0.1) is 0 Å². The molecule has 0 saturated carbocycles. The highest BCUT2D eigenvalue weighted by atomic mass is 16.6. The van der Waals surface area contributed by atoms with Crippen molar-refractivity contribution in [2.75, 3.05) is 28.7 Å². The molecule has 2 aliphatic rings. The molecule has 1 aromatic heterocycles. The van der Waals surface area contributed by atoms with E-state index in [0.717, 1.165) is 4.81 Å². The standard InChI is InChI=1S/C10H14BN5O5/c11-16-2-15(7-4(16)8(20)14-10(12)13-7)9-6(19)5(18)3(1-17)21-9/h3,5-6,9,17-19H,1-2H2,(H3,12,13,14,20)/t3-,5-,6-,9-/m1/s1. The highest BCUT2D eigenvalue weighted by molar-refractivity contribution is 6.20. The minimum absolute atomic E-state index is 0.0153. The van der Waals surface area contributed by atoms with Crippen molar-refractivity contribution >= 4 is 25.4 Å². The summed E-state index contributed by atoms with van der Waals surface area (Å²) in [6.45, 7) is -0.436. The predicted molar refractivity (Wildman–Crippen MR) is 72.6 cm³/mol. The fraction of sp³-hybridized carbons (Fsp3) is 0.600. The van der Waals surface area contributed by atoms with Gasteiger partial charge in [-0.05, 0) is 0 Å². The van der Waals surface area contributed by atoms with Crippen molar-refractivity contribution in [1.29, 1.82) is 0 Å². The first kappa shape index (κ1) is 14.1. The molecule has 2 radical (unpaired) electrons. The highest BCUT2D eigenvalue weighted by Gasteiger charge is 2.48. The van der Waals surface area contributed by atoms with Crippen LogP contribution in [-0.4, -0.2) is 71.1 Å². The van der Waals surface area contributed by atoms with E-state index in [-0.39, 0.29) is 24.1 Å². The summed E-state index contributed by atoms with van der Waals surface area (Å²) in [5.74, 6) is 0.0411. The van der Waals surface area contributed by atoms with Gasteiger partial charge in [0.1, 0.15) is 24.0 Å². The second-order valence-corrected chi connectivity index (χ2v) is 4.93. The number of nitrogens with one attached hydrogen (secondary N) is 1. The summed E-state index contributed by atoms with van der Waals surface area (Å²) in [5, 5.41) is 28.9. The SMILES string of the molecule is [B]N1CN([C@@H]2O[C@H](CO)[C@@H](O)[C@H]2O)c2nc(N)[nH]c(=O)c21. The number of nitrogens with two attached hydrogens (primary N) is 1. The monoisotopic (exact) mass is 295 g/mol. The lowest BCUT2D eigenvalue weighted by molar-refractivity contribution is -0.0221. The van der Waals surface area contributed by atoms with Crippen LogP contribution in [0.25, 0.3) is 0 Å². The molecule has 1 fully saturated rings. The van der Waals surface area contributed by atoms with Gasteiger partial charge >= 0.3 is 0 Å². The fourth-order valence-corrected chi connectivity index (χ4v) is 2.57. The Kier molecular flexibility index (Phi) is 3.28. The second-order valence-electron chi connectivity index (χ2n) is 4.93. The number of rotatable bonds is 2. The zero-order valence-electron chi connectivity index (χ0n) is 10.9. The molecule has 2 aliphatic heterocycles. The number of aromatic amines is 1. The Morgan fingerprint density at radius 2 is 2.19 bits per heavy atom. The van der Waals surface area contributed by atoms with Crippen molar-refractivity contribution in [3.05, 3.63) is 10.4 Å². The average Bonchev–Trinajstić information content (AvgIpc) is 2.89. The molecule has 11 heteroatoms. The summed E-state index contributed by atoms with van der Waals surface area (Å²) in [5.41, 5.74) is 5.07. The van der Waals surface area contributed by atoms with Gasteiger partial charge in [-0.25, -0.2) is 0 Å². The topological polar surface area (TPSA) is 148 Å². The molecular weight excluding hydrogens is 281 g/mol. The lowest BCUT2D eigenvalue weighted by Gasteiger charge is -2.27. The first-order chi connectivity index (χ1) is 9.93. The van der Waals surface area contributed by atoms with E-state index < -0.39 is 36.7 Å². The number of aliphatic hydroxyl groups is 3. The molecule has 10 nitrogen and oxygen atoms in total. The van der Waals surface area contributed by atoms with Crippen LogP contribution in [-0.2, 0) is 4.74 Å². The summed E-state index contributed by atoms with van der Waals surface area (Å²) in [7, 11) is 5.74. The summed E-state index contributed by atoms with van der Waals surface area (Å²) in [6.07, 6.45) is -4.48. The van der Waals surface area contributed by atoms with Gasteiger partial charge in [-0.3, -0.25) is 9.78 Å². The van der Waals surface area contributed by atoms with Crippen LogP contribution in [0.4, 0.5) is 17.5 Å². The average molecular weight is 295 g/mol. The largest absolute Gasteiger partial charge is 0.402 e. The van der Waals surface area contributed by atoms with Crippen molar-refractivity contribution in [2.45, 2.75) is 24.5 Å². The molecule has 21 heavy (non-hydrogen) atoms. The molecule has 0 aromatic carbocycles. The number of aromatic nitrogens is 2. The molecule has 6 N–H and O–H groups in total. The van der Waals surface area contributed by atoms with Gasteiger partial charge in [-0.1, -0.05) is 0 Å². The van der Waals surface area contributed by atoms with Gasteiger partial charge in [0.15, 0.2) is 12.0 Å². The van der Waals surface area contributed by atoms with Gasteiger partial charge in [0.05, 0.1) is 13.3 Å². The van der Waals surface area contributed by atoms with E-state index in [9.17, 15) is 15.0 Å². The molecule has 0 aliphatic carbocycles. The molecular formula is C10H14BN5O5. The third-order valence-corrected chi connectivity index (χ3v) is 3.58. The number of aliphatic hydroxyl groups excluding tert-OH is 3. The number of fused-ring (bicyclic) bond motifs is 1. The zero-order valence-corrected chi connectivity index (χ0v) is 10.9. The maximum Gasteiger partial charge on any atom is 0.276 e. The Morgan fingerprint density at radius 1 is 1.48 bits per heavy atom. The zero-order chi connectivity index (χ0) is 15.3. The van der Waals surface area contributed by atoms with E-state index in [4.69, 9.17) is 23.6 Å². The number of anilines is 3. The molecule has 4 atom stereocenters. The molecule has 0 spiro atoms. The fourth-order valence-electron chi connectivity index (χ4n) is 2.57.